The van der Waals surface area contributed by atoms with E-state index in [9.17, 15) is 9.18 Å². The van der Waals surface area contributed by atoms with Crippen molar-refractivity contribution in [1.82, 2.24) is 15.3 Å². The van der Waals surface area contributed by atoms with Gasteiger partial charge in [0, 0.05) is 40.8 Å². The zero-order valence-electron chi connectivity index (χ0n) is 12.1. The van der Waals surface area contributed by atoms with Crippen molar-refractivity contribution in [3.63, 3.8) is 0 Å². The first-order valence-electron chi connectivity index (χ1n) is 7.31. The van der Waals surface area contributed by atoms with Gasteiger partial charge in [-0.15, -0.1) is 11.8 Å². The first kappa shape index (κ1) is 14.4. The molecule has 2 aromatic heterocycles. The second-order valence-corrected chi connectivity index (χ2v) is 6.61. The van der Waals surface area contributed by atoms with Crippen molar-refractivity contribution in [2.24, 2.45) is 0 Å². The molecule has 2 N–H and O–H groups in total. The average Bonchev–Trinajstić information content (AvgIpc) is 3.22. The number of nitrogens with one attached hydrogen (secondary N) is 2. The highest BCUT2D eigenvalue weighted by Gasteiger charge is 2.32. The number of aromatic nitrogens is 2. The zero-order valence-corrected chi connectivity index (χ0v) is 12.9. The number of rotatable bonds is 3. The lowest BCUT2D eigenvalue weighted by atomic mass is 10.0. The van der Waals surface area contributed by atoms with E-state index in [4.69, 9.17) is 0 Å². The number of H-pyrrole nitrogens is 1. The van der Waals surface area contributed by atoms with Crippen molar-refractivity contribution in [2.75, 3.05) is 5.75 Å². The first-order chi connectivity index (χ1) is 11.2. The fourth-order valence-electron chi connectivity index (χ4n) is 2.84. The third-order valence-electron chi connectivity index (χ3n) is 4.00. The summed E-state index contributed by atoms with van der Waals surface area (Å²) in [5, 5.41) is 4.18. The van der Waals surface area contributed by atoms with Crippen LogP contribution in [0.25, 0.3) is 10.9 Å². The van der Waals surface area contributed by atoms with Crippen LogP contribution in [0.1, 0.15) is 21.3 Å². The van der Waals surface area contributed by atoms with Crippen molar-refractivity contribution in [3.05, 3.63) is 65.9 Å². The maximum atomic E-state index is 13.3. The molecule has 3 heterocycles. The van der Waals surface area contributed by atoms with Crippen LogP contribution in [0.4, 0.5) is 4.39 Å². The van der Waals surface area contributed by atoms with E-state index < -0.39 is 0 Å². The third-order valence-corrected chi connectivity index (χ3v) is 5.26. The van der Waals surface area contributed by atoms with Gasteiger partial charge in [-0.3, -0.25) is 15.1 Å². The van der Waals surface area contributed by atoms with Crippen LogP contribution in [0.5, 0.6) is 0 Å². The molecule has 0 amide bonds. The van der Waals surface area contributed by atoms with Gasteiger partial charge in [0.15, 0.2) is 5.78 Å². The molecule has 0 spiro atoms. The summed E-state index contributed by atoms with van der Waals surface area (Å²) in [6.07, 6.45) is 5.21. The Morgan fingerprint density at radius 1 is 1.35 bits per heavy atom. The Bertz CT molecular complexity index is 865. The average molecular weight is 327 g/mol. The van der Waals surface area contributed by atoms with E-state index in [0.717, 1.165) is 10.9 Å². The minimum atomic E-state index is -0.315. The summed E-state index contributed by atoms with van der Waals surface area (Å²) < 4.78 is 13.3. The quantitative estimate of drug-likeness (QED) is 0.725. The second kappa shape index (κ2) is 5.79. The van der Waals surface area contributed by atoms with Gasteiger partial charge in [-0.25, -0.2) is 4.39 Å². The van der Waals surface area contributed by atoms with Crippen molar-refractivity contribution in [1.29, 1.82) is 0 Å². The molecule has 0 bridgehead atoms. The molecular weight excluding hydrogens is 313 g/mol. The molecule has 1 aliphatic rings. The smallest absolute Gasteiger partial charge is 0.182 e. The highest BCUT2D eigenvalue weighted by molar-refractivity contribution is 7.99. The van der Waals surface area contributed by atoms with Gasteiger partial charge in [-0.2, -0.15) is 0 Å². The number of hydrogen-bond acceptors (Lipinski definition) is 4. The molecule has 0 radical (unpaired) electrons. The summed E-state index contributed by atoms with van der Waals surface area (Å²) in [5.74, 6) is 0.415. The van der Waals surface area contributed by atoms with Gasteiger partial charge >= 0.3 is 0 Å². The summed E-state index contributed by atoms with van der Waals surface area (Å²) >= 11 is 1.69. The largest absolute Gasteiger partial charge is 0.360 e. The van der Waals surface area contributed by atoms with Crippen LogP contribution in [0.15, 0.2) is 48.9 Å². The number of nitrogens with zero attached hydrogens (tertiary/aromatic N) is 1. The molecular formula is C17H14FN3OS. The maximum absolute atomic E-state index is 13.3. The Balaban J connectivity index is 1.57. The normalized spacial score (nSPS) is 20.9. The third kappa shape index (κ3) is 2.64. The Labute approximate surface area is 136 Å². The summed E-state index contributed by atoms with van der Waals surface area (Å²) in [6.45, 7) is 0. The van der Waals surface area contributed by atoms with Crippen LogP contribution in [0, 0.1) is 5.82 Å². The number of Topliss-reactive ketones (excluding diaryl/α,β-unsaturated/α-hetero) is 1. The molecule has 23 heavy (non-hydrogen) atoms. The lowest BCUT2D eigenvalue weighted by Gasteiger charge is -2.12. The zero-order chi connectivity index (χ0) is 15.8. The van der Waals surface area contributed by atoms with E-state index in [1.807, 2.05) is 18.3 Å². The molecule has 2 atom stereocenters. The molecule has 4 rings (SSSR count). The standard InChI is InChI=1S/C17H14FN3OS/c18-11-3-4-12-13(8-20-14(12)6-11)16(22)15-9-23-17(21-15)10-2-1-5-19-7-10/h1-8,15,17,20-21H,9H2/t15-,17+/m0/s1. The Hall–Kier alpha value is -2.18. The van der Waals surface area contributed by atoms with Crippen molar-refractivity contribution in [2.45, 2.75) is 11.4 Å². The molecule has 0 unspecified atom stereocenters. The molecule has 0 aliphatic carbocycles. The predicted octanol–water partition coefficient (Wildman–Crippen LogP) is 3.29. The first-order valence-corrected chi connectivity index (χ1v) is 8.35. The van der Waals surface area contributed by atoms with E-state index in [1.54, 1.807) is 30.2 Å². The van der Waals surface area contributed by atoms with Crippen LogP contribution in [0.3, 0.4) is 0 Å². The van der Waals surface area contributed by atoms with Crippen molar-refractivity contribution >= 4 is 28.4 Å². The Kier molecular flexibility index (Phi) is 3.63. The predicted molar refractivity (Wildman–Crippen MR) is 88.9 cm³/mol. The molecule has 1 aromatic carbocycles. The summed E-state index contributed by atoms with van der Waals surface area (Å²) in [5.41, 5.74) is 2.31. The van der Waals surface area contributed by atoms with E-state index in [0.29, 0.717) is 16.8 Å². The van der Waals surface area contributed by atoms with E-state index >= 15 is 0 Å². The number of pyridine rings is 1. The monoisotopic (exact) mass is 327 g/mol. The Morgan fingerprint density at radius 2 is 2.26 bits per heavy atom. The fourth-order valence-corrected chi connectivity index (χ4v) is 4.06. The van der Waals surface area contributed by atoms with E-state index in [-0.39, 0.29) is 23.0 Å². The Morgan fingerprint density at radius 3 is 3.09 bits per heavy atom. The maximum Gasteiger partial charge on any atom is 0.182 e. The topological polar surface area (TPSA) is 57.8 Å². The minimum absolute atomic E-state index is 0.0294. The fraction of sp³-hybridized carbons (Fsp3) is 0.176. The van der Waals surface area contributed by atoms with Crippen molar-refractivity contribution < 1.29 is 9.18 Å². The SMILES string of the molecule is O=C(c1c[nH]c2cc(F)ccc12)[C@@H]1CS[C@H](c2cccnc2)N1. The summed E-state index contributed by atoms with van der Waals surface area (Å²) in [4.78, 5) is 19.9. The number of carbonyl (C=O) groups excluding carboxylic acids is 1. The van der Waals surface area contributed by atoms with Gasteiger partial charge in [-0.1, -0.05) is 6.07 Å². The van der Waals surface area contributed by atoms with Gasteiger partial charge in [0.05, 0.1) is 11.4 Å². The number of ketones is 1. The van der Waals surface area contributed by atoms with E-state index in [1.165, 1.54) is 12.1 Å². The van der Waals surface area contributed by atoms with Crippen LogP contribution in [-0.2, 0) is 0 Å². The minimum Gasteiger partial charge on any atom is -0.360 e. The highest BCUT2D eigenvalue weighted by atomic mass is 32.2. The summed E-state index contributed by atoms with van der Waals surface area (Å²) in [6, 6.07) is 8.06. The lowest BCUT2D eigenvalue weighted by molar-refractivity contribution is 0.0957. The van der Waals surface area contributed by atoms with Gasteiger partial charge in [0.2, 0.25) is 0 Å². The molecule has 0 saturated carbocycles. The number of aromatic amines is 1. The number of fused-ring (bicyclic) bond motifs is 1. The van der Waals surface area contributed by atoms with Gasteiger partial charge in [0.25, 0.3) is 0 Å². The number of hydrogen-bond donors (Lipinski definition) is 2. The van der Waals surface area contributed by atoms with Crippen LogP contribution in [0.2, 0.25) is 0 Å². The molecule has 3 aromatic rings. The highest BCUT2D eigenvalue weighted by Crippen LogP contribution is 2.34. The summed E-state index contributed by atoms with van der Waals surface area (Å²) in [7, 11) is 0. The number of thioether (sulfide) groups is 1. The number of carbonyl (C=O) groups is 1. The van der Waals surface area contributed by atoms with Crippen molar-refractivity contribution in [3.8, 4) is 0 Å². The van der Waals surface area contributed by atoms with Crippen LogP contribution >= 0.6 is 11.8 Å². The molecule has 4 nitrogen and oxygen atoms in total. The van der Waals surface area contributed by atoms with Crippen LogP contribution < -0.4 is 5.32 Å². The molecule has 116 valence electrons. The number of halogens is 1. The second-order valence-electron chi connectivity index (χ2n) is 5.48. The van der Waals surface area contributed by atoms with Gasteiger partial charge < -0.3 is 4.98 Å². The molecule has 1 fully saturated rings. The van der Waals surface area contributed by atoms with Gasteiger partial charge in [0.1, 0.15) is 5.82 Å². The lowest BCUT2D eigenvalue weighted by Crippen LogP contribution is -2.34. The van der Waals surface area contributed by atoms with Crippen LogP contribution in [-0.4, -0.2) is 27.5 Å². The van der Waals surface area contributed by atoms with E-state index in [2.05, 4.69) is 15.3 Å². The molecule has 1 aliphatic heterocycles. The molecule has 1 saturated heterocycles. The van der Waals surface area contributed by atoms with Gasteiger partial charge in [-0.05, 0) is 29.8 Å². The molecule has 6 heteroatoms. The number of benzene rings is 1.